The smallest absolute Gasteiger partial charge is 0.221 e. The molecule has 3 N–H and O–H groups in total. The van der Waals surface area contributed by atoms with E-state index >= 15 is 0 Å². The zero-order chi connectivity index (χ0) is 18.1. The van der Waals surface area contributed by atoms with Crippen LogP contribution in [0.3, 0.4) is 0 Å². The van der Waals surface area contributed by atoms with Crippen LogP contribution in [-0.4, -0.2) is 24.9 Å². The summed E-state index contributed by atoms with van der Waals surface area (Å²) in [6.45, 7) is 4.67. The minimum Gasteiger partial charge on any atom is -0.326 e. The van der Waals surface area contributed by atoms with Crippen LogP contribution in [0.5, 0.6) is 0 Å². The molecule has 0 aliphatic heterocycles. The Balaban J connectivity index is 1.81. The molecule has 0 bridgehead atoms. The fourth-order valence-corrected chi connectivity index (χ4v) is 2.67. The van der Waals surface area contributed by atoms with E-state index in [9.17, 15) is 9.59 Å². The molecule has 2 aromatic rings. The maximum Gasteiger partial charge on any atom is 0.221 e. The van der Waals surface area contributed by atoms with E-state index < -0.39 is 0 Å². The highest BCUT2D eigenvalue weighted by atomic mass is 16.2. The third-order valence-corrected chi connectivity index (χ3v) is 3.80. The zero-order valence-corrected chi connectivity index (χ0v) is 14.8. The van der Waals surface area contributed by atoms with Crippen molar-refractivity contribution in [3.63, 3.8) is 0 Å². The largest absolute Gasteiger partial charge is 0.326 e. The van der Waals surface area contributed by atoms with E-state index in [2.05, 4.69) is 16.0 Å². The van der Waals surface area contributed by atoms with Gasteiger partial charge in [-0.2, -0.15) is 0 Å². The number of hydrogen-bond acceptors (Lipinski definition) is 3. The minimum absolute atomic E-state index is 0.0602. The maximum atomic E-state index is 11.3. The zero-order valence-electron chi connectivity index (χ0n) is 14.8. The van der Waals surface area contributed by atoms with Crippen LogP contribution >= 0.6 is 0 Å². The summed E-state index contributed by atoms with van der Waals surface area (Å²) in [6, 6.07) is 15.7. The van der Waals surface area contributed by atoms with E-state index in [-0.39, 0.29) is 11.8 Å². The number of benzene rings is 2. The Kier molecular flexibility index (Phi) is 7.16. The molecule has 0 saturated heterocycles. The molecular weight excluding hydrogens is 314 g/mol. The SMILES string of the molecule is CC(=O)Nc1ccccc1CCNCCc1ccccc1NC(C)=O. The molecule has 0 unspecified atom stereocenters. The molecule has 5 nitrogen and oxygen atoms in total. The number of carbonyl (C=O) groups is 2. The minimum atomic E-state index is -0.0602. The molecule has 25 heavy (non-hydrogen) atoms. The molecule has 2 amide bonds. The predicted octanol–water partition coefficient (Wildman–Crippen LogP) is 2.98. The van der Waals surface area contributed by atoms with Gasteiger partial charge in [0.25, 0.3) is 0 Å². The quantitative estimate of drug-likeness (QED) is 0.648. The second kappa shape index (κ2) is 9.59. The van der Waals surface area contributed by atoms with Gasteiger partial charge in [-0.25, -0.2) is 0 Å². The number of para-hydroxylation sites is 2. The van der Waals surface area contributed by atoms with Crippen molar-refractivity contribution in [2.45, 2.75) is 26.7 Å². The Morgan fingerprint density at radius 3 is 1.52 bits per heavy atom. The summed E-state index contributed by atoms with van der Waals surface area (Å²) in [6.07, 6.45) is 1.67. The van der Waals surface area contributed by atoms with Crippen LogP contribution in [0, 0.1) is 0 Å². The normalized spacial score (nSPS) is 10.3. The maximum absolute atomic E-state index is 11.3. The van der Waals surface area contributed by atoms with E-state index in [0.29, 0.717) is 0 Å². The van der Waals surface area contributed by atoms with Crippen LogP contribution in [0.25, 0.3) is 0 Å². The van der Waals surface area contributed by atoms with Crippen LogP contribution in [0.15, 0.2) is 48.5 Å². The first-order valence-corrected chi connectivity index (χ1v) is 8.48. The number of anilines is 2. The van der Waals surface area contributed by atoms with E-state index in [1.807, 2.05) is 48.5 Å². The Morgan fingerprint density at radius 2 is 1.12 bits per heavy atom. The summed E-state index contributed by atoms with van der Waals surface area (Å²) in [7, 11) is 0. The van der Waals surface area contributed by atoms with E-state index in [1.165, 1.54) is 13.8 Å². The molecule has 0 aliphatic rings. The van der Waals surface area contributed by atoms with Gasteiger partial charge in [-0.3, -0.25) is 9.59 Å². The third kappa shape index (κ3) is 6.39. The highest BCUT2D eigenvalue weighted by Gasteiger charge is 2.04. The highest BCUT2D eigenvalue weighted by Crippen LogP contribution is 2.16. The summed E-state index contributed by atoms with van der Waals surface area (Å²) in [5, 5.41) is 9.14. The van der Waals surface area contributed by atoms with Crippen LogP contribution in [0.1, 0.15) is 25.0 Å². The van der Waals surface area contributed by atoms with Crippen molar-refractivity contribution in [1.29, 1.82) is 0 Å². The summed E-state index contributed by atoms with van der Waals surface area (Å²) < 4.78 is 0. The summed E-state index contributed by atoms with van der Waals surface area (Å²) in [5.74, 6) is -0.120. The first kappa shape index (κ1) is 18.7. The highest BCUT2D eigenvalue weighted by molar-refractivity contribution is 5.90. The van der Waals surface area contributed by atoms with Crippen molar-refractivity contribution in [1.82, 2.24) is 5.32 Å². The van der Waals surface area contributed by atoms with Crippen molar-refractivity contribution in [2.24, 2.45) is 0 Å². The van der Waals surface area contributed by atoms with E-state index in [4.69, 9.17) is 0 Å². The number of carbonyl (C=O) groups excluding carboxylic acids is 2. The molecule has 0 spiro atoms. The fourth-order valence-electron chi connectivity index (χ4n) is 2.67. The van der Waals surface area contributed by atoms with Crippen LogP contribution in [0.4, 0.5) is 11.4 Å². The first-order chi connectivity index (χ1) is 12.1. The predicted molar refractivity (Wildman–Crippen MR) is 102 cm³/mol. The van der Waals surface area contributed by atoms with Gasteiger partial charge in [-0.05, 0) is 49.2 Å². The van der Waals surface area contributed by atoms with Gasteiger partial charge in [-0.15, -0.1) is 0 Å². The summed E-state index contributed by atoms with van der Waals surface area (Å²) >= 11 is 0. The molecule has 0 aromatic heterocycles. The third-order valence-electron chi connectivity index (χ3n) is 3.80. The van der Waals surface area contributed by atoms with Crippen molar-refractivity contribution < 1.29 is 9.59 Å². The average molecular weight is 339 g/mol. The standard InChI is InChI=1S/C20H25N3O2/c1-15(24)22-19-9-5-3-7-17(19)11-13-21-14-12-18-8-4-6-10-20(18)23-16(2)25/h3-10,21H,11-14H2,1-2H3,(H,22,24)(H,23,25). The lowest BCUT2D eigenvalue weighted by atomic mass is 10.1. The average Bonchev–Trinajstić information content (AvgIpc) is 2.56. The number of nitrogens with one attached hydrogen (secondary N) is 3. The van der Waals surface area contributed by atoms with Gasteiger partial charge in [-0.1, -0.05) is 36.4 Å². The van der Waals surface area contributed by atoms with Gasteiger partial charge in [0.15, 0.2) is 0 Å². The second-order valence-electron chi connectivity index (χ2n) is 5.93. The monoisotopic (exact) mass is 339 g/mol. The lowest BCUT2D eigenvalue weighted by molar-refractivity contribution is -0.115. The van der Waals surface area contributed by atoms with Crippen molar-refractivity contribution in [3.05, 3.63) is 59.7 Å². The lowest BCUT2D eigenvalue weighted by Crippen LogP contribution is -2.21. The number of amides is 2. The molecule has 5 heteroatoms. The Bertz CT molecular complexity index is 667. The molecule has 0 fully saturated rings. The van der Waals surface area contributed by atoms with Gasteiger partial charge in [0.05, 0.1) is 0 Å². The van der Waals surface area contributed by atoms with Crippen molar-refractivity contribution in [2.75, 3.05) is 23.7 Å². The van der Waals surface area contributed by atoms with Gasteiger partial charge in [0.2, 0.25) is 11.8 Å². The van der Waals surface area contributed by atoms with Gasteiger partial charge in [0.1, 0.15) is 0 Å². The van der Waals surface area contributed by atoms with E-state index in [0.717, 1.165) is 48.4 Å². The molecule has 132 valence electrons. The fraction of sp³-hybridized carbons (Fsp3) is 0.300. The lowest BCUT2D eigenvalue weighted by Gasteiger charge is -2.12. The molecule has 0 radical (unpaired) electrons. The first-order valence-electron chi connectivity index (χ1n) is 8.48. The molecule has 0 aliphatic carbocycles. The molecular formula is C20H25N3O2. The van der Waals surface area contributed by atoms with E-state index in [1.54, 1.807) is 0 Å². The molecule has 2 rings (SSSR count). The molecule has 0 atom stereocenters. The summed E-state index contributed by atoms with van der Waals surface area (Å²) in [4.78, 5) is 22.5. The number of rotatable bonds is 8. The van der Waals surface area contributed by atoms with Crippen molar-refractivity contribution in [3.8, 4) is 0 Å². The molecule has 0 saturated carbocycles. The van der Waals surface area contributed by atoms with Crippen molar-refractivity contribution >= 4 is 23.2 Å². The van der Waals surface area contributed by atoms with Crippen LogP contribution in [0.2, 0.25) is 0 Å². The van der Waals surface area contributed by atoms with Crippen LogP contribution in [-0.2, 0) is 22.4 Å². The number of hydrogen-bond donors (Lipinski definition) is 3. The Morgan fingerprint density at radius 1 is 0.720 bits per heavy atom. The van der Waals surface area contributed by atoms with Gasteiger partial charge >= 0.3 is 0 Å². The Labute approximate surface area is 148 Å². The molecule has 0 heterocycles. The molecule has 2 aromatic carbocycles. The van der Waals surface area contributed by atoms with Gasteiger partial charge < -0.3 is 16.0 Å². The Hall–Kier alpha value is -2.66. The second-order valence-corrected chi connectivity index (χ2v) is 5.93. The van der Waals surface area contributed by atoms with Gasteiger partial charge in [0, 0.05) is 25.2 Å². The van der Waals surface area contributed by atoms with Crippen LogP contribution < -0.4 is 16.0 Å². The topological polar surface area (TPSA) is 70.2 Å². The summed E-state index contributed by atoms with van der Waals surface area (Å²) in [5.41, 5.74) is 3.97.